The first-order valence-electron chi connectivity index (χ1n) is 6.62. The van der Waals surface area contributed by atoms with Gasteiger partial charge in [0.15, 0.2) is 0 Å². The fourth-order valence-corrected chi connectivity index (χ4v) is 2.30. The highest BCUT2D eigenvalue weighted by Gasteiger charge is 2.32. The molecule has 0 aromatic heterocycles. The molecule has 0 saturated carbocycles. The highest BCUT2D eigenvalue weighted by molar-refractivity contribution is 5.79. The standard InChI is InChI=1S/C13H25NO2/c1-4-10(5-2)9-14-13(15)11-7-8-16-12(11)6-3/h10-12H,4-9H2,1-3H3,(H,14,15). The average molecular weight is 227 g/mol. The number of carbonyl (C=O) groups excluding carboxylic acids is 1. The second-order valence-corrected chi connectivity index (χ2v) is 4.64. The van der Waals surface area contributed by atoms with Gasteiger partial charge < -0.3 is 10.1 Å². The maximum Gasteiger partial charge on any atom is 0.225 e. The van der Waals surface area contributed by atoms with E-state index in [2.05, 4.69) is 26.1 Å². The summed E-state index contributed by atoms with van der Waals surface area (Å²) in [6.45, 7) is 7.99. The Morgan fingerprint density at radius 1 is 1.38 bits per heavy atom. The number of carbonyl (C=O) groups is 1. The Labute approximate surface area is 98.9 Å². The van der Waals surface area contributed by atoms with Gasteiger partial charge >= 0.3 is 0 Å². The molecule has 0 radical (unpaired) electrons. The lowest BCUT2D eigenvalue weighted by molar-refractivity contribution is -0.126. The Morgan fingerprint density at radius 2 is 2.06 bits per heavy atom. The molecule has 1 fully saturated rings. The van der Waals surface area contributed by atoms with E-state index < -0.39 is 0 Å². The Hall–Kier alpha value is -0.570. The van der Waals surface area contributed by atoms with Crippen LogP contribution in [0.2, 0.25) is 0 Å². The molecule has 0 aromatic carbocycles. The van der Waals surface area contributed by atoms with E-state index in [0.717, 1.165) is 38.8 Å². The van der Waals surface area contributed by atoms with Gasteiger partial charge in [0.25, 0.3) is 0 Å². The van der Waals surface area contributed by atoms with Gasteiger partial charge in [-0.3, -0.25) is 4.79 Å². The molecule has 3 heteroatoms. The van der Waals surface area contributed by atoms with Gasteiger partial charge in [0.2, 0.25) is 5.91 Å². The Balaban J connectivity index is 2.34. The molecule has 2 atom stereocenters. The molecule has 1 rings (SSSR count). The summed E-state index contributed by atoms with van der Waals surface area (Å²) in [4.78, 5) is 12.0. The van der Waals surface area contributed by atoms with Gasteiger partial charge in [0, 0.05) is 13.2 Å². The van der Waals surface area contributed by atoms with E-state index in [1.165, 1.54) is 0 Å². The Morgan fingerprint density at radius 3 is 2.62 bits per heavy atom. The third-order valence-corrected chi connectivity index (χ3v) is 3.67. The van der Waals surface area contributed by atoms with E-state index >= 15 is 0 Å². The lowest BCUT2D eigenvalue weighted by atomic mass is 9.97. The third-order valence-electron chi connectivity index (χ3n) is 3.67. The molecule has 1 heterocycles. The van der Waals surface area contributed by atoms with Crippen molar-refractivity contribution < 1.29 is 9.53 Å². The molecule has 16 heavy (non-hydrogen) atoms. The summed E-state index contributed by atoms with van der Waals surface area (Å²) >= 11 is 0. The molecule has 3 nitrogen and oxygen atoms in total. The van der Waals surface area contributed by atoms with Crippen molar-refractivity contribution in [1.29, 1.82) is 0 Å². The van der Waals surface area contributed by atoms with Gasteiger partial charge in [-0.05, 0) is 18.8 Å². The summed E-state index contributed by atoms with van der Waals surface area (Å²) in [6, 6.07) is 0. The van der Waals surface area contributed by atoms with E-state index in [-0.39, 0.29) is 17.9 Å². The molecule has 1 saturated heterocycles. The van der Waals surface area contributed by atoms with Crippen LogP contribution in [0.3, 0.4) is 0 Å². The second kappa shape index (κ2) is 6.89. The molecule has 1 aliphatic heterocycles. The van der Waals surface area contributed by atoms with Gasteiger partial charge in [-0.25, -0.2) is 0 Å². The van der Waals surface area contributed by atoms with Gasteiger partial charge in [-0.1, -0.05) is 33.6 Å². The highest BCUT2D eigenvalue weighted by Crippen LogP contribution is 2.23. The Bertz CT molecular complexity index is 214. The van der Waals surface area contributed by atoms with Crippen molar-refractivity contribution in [3.63, 3.8) is 0 Å². The molecule has 0 aliphatic carbocycles. The molecule has 1 amide bonds. The van der Waals surface area contributed by atoms with Crippen molar-refractivity contribution in [2.45, 2.75) is 52.6 Å². The van der Waals surface area contributed by atoms with Crippen LogP contribution >= 0.6 is 0 Å². The maximum absolute atomic E-state index is 12.0. The second-order valence-electron chi connectivity index (χ2n) is 4.64. The number of amides is 1. The fourth-order valence-electron chi connectivity index (χ4n) is 2.30. The monoisotopic (exact) mass is 227 g/mol. The summed E-state index contributed by atoms with van der Waals surface area (Å²) in [7, 11) is 0. The molecular weight excluding hydrogens is 202 g/mol. The predicted octanol–water partition coefficient (Wildman–Crippen LogP) is 2.35. The molecular formula is C13H25NO2. The predicted molar refractivity (Wildman–Crippen MR) is 65.2 cm³/mol. The minimum absolute atomic E-state index is 0.0827. The smallest absolute Gasteiger partial charge is 0.225 e. The number of rotatable bonds is 6. The quantitative estimate of drug-likeness (QED) is 0.756. The largest absolute Gasteiger partial charge is 0.377 e. The fraction of sp³-hybridized carbons (Fsp3) is 0.923. The first-order valence-corrected chi connectivity index (χ1v) is 6.62. The van der Waals surface area contributed by atoms with Crippen LogP contribution in [-0.4, -0.2) is 25.2 Å². The molecule has 1 N–H and O–H groups in total. The van der Waals surface area contributed by atoms with Crippen LogP contribution in [-0.2, 0) is 9.53 Å². The highest BCUT2D eigenvalue weighted by atomic mass is 16.5. The van der Waals surface area contributed by atoms with Crippen molar-refractivity contribution >= 4 is 5.91 Å². The van der Waals surface area contributed by atoms with Gasteiger partial charge in [0.05, 0.1) is 12.0 Å². The lowest BCUT2D eigenvalue weighted by Crippen LogP contribution is -2.37. The zero-order valence-corrected chi connectivity index (χ0v) is 10.8. The van der Waals surface area contributed by atoms with E-state index in [4.69, 9.17) is 4.74 Å². The van der Waals surface area contributed by atoms with Crippen molar-refractivity contribution in [2.24, 2.45) is 11.8 Å². The summed E-state index contributed by atoms with van der Waals surface area (Å²) in [5.74, 6) is 0.891. The topological polar surface area (TPSA) is 38.3 Å². The van der Waals surface area contributed by atoms with Crippen LogP contribution in [0.15, 0.2) is 0 Å². The zero-order chi connectivity index (χ0) is 12.0. The van der Waals surface area contributed by atoms with Crippen LogP contribution in [0, 0.1) is 11.8 Å². The molecule has 2 unspecified atom stereocenters. The van der Waals surface area contributed by atoms with Gasteiger partial charge in [-0.2, -0.15) is 0 Å². The van der Waals surface area contributed by atoms with E-state index in [1.54, 1.807) is 0 Å². The van der Waals surface area contributed by atoms with E-state index in [9.17, 15) is 4.79 Å². The minimum atomic E-state index is 0.0827. The number of hydrogen-bond acceptors (Lipinski definition) is 2. The van der Waals surface area contributed by atoms with Crippen LogP contribution in [0.25, 0.3) is 0 Å². The molecule has 0 aromatic rings. The van der Waals surface area contributed by atoms with E-state index in [1.807, 2.05) is 0 Å². The minimum Gasteiger partial charge on any atom is -0.377 e. The van der Waals surface area contributed by atoms with Crippen molar-refractivity contribution in [3.8, 4) is 0 Å². The first kappa shape index (κ1) is 13.5. The summed E-state index contributed by atoms with van der Waals surface area (Å²) in [5.41, 5.74) is 0. The lowest BCUT2D eigenvalue weighted by Gasteiger charge is -2.19. The zero-order valence-electron chi connectivity index (χ0n) is 10.8. The Kier molecular flexibility index (Phi) is 5.81. The maximum atomic E-state index is 12.0. The van der Waals surface area contributed by atoms with E-state index in [0.29, 0.717) is 5.92 Å². The van der Waals surface area contributed by atoms with Crippen LogP contribution in [0.1, 0.15) is 46.5 Å². The van der Waals surface area contributed by atoms with Gasteiger partial charge in [0.1, 0.15) is 0 Å². The number of ether oxygens (including phenoxy) is 1. The van der Waals surface area contributed by atoms with Crippen molar-refractivity contribution in [1.82, 2.24) is 5.32 Å². The van der Waals surface area contributed by atoms with Crippen molar-refractivity contribution in [2.75, 3.05) is 13.2 Å². The molecule has 0 bridgehead atoms. The molecule has 94 valence electrons. The summed E-state index contributed by atoms with van der Waals surface area (Å²) in [5, 5.41) is 3.07. The summed E-state index contributed by atoms with van der Waals surface area (Å²) in [6.07, 6.45) is 4.22. The normalized spacial score (nSPS) is 25.0. The number of nitrogens with one attached hydrogen (secondary N) is 1. The van der Waals surface area contributed by atoms with Crippen LogP contribution < -0.4 is 5.32 Å². The van der Waals surface area contributed by atoms with Gasteiger partial charge in [-0.15, -0.1) is 0 Å². The SMILES string of the molecule is CCC(CC)CNC(=O)C1CCOC1CC. The van der Waals surface area contributed by atoms with Crippen LogP contribution in [0.4, 0.5) is 0 Å². The number of hydrogen-bond donors (Lipinski definition) is 1. The molecule has 1 aliphatic rings. The van der Waals surface area contributed by atoms with Crippen LogP contribution in [0.5, 0.6) is 0 Å². The summed E-state index contributed by atoms with van der Waals surface area (Å²) < 4.78 is 5.53. The average Bonchev–Trinajstić information content (AvgIpc) is 2.78. The first-order chi connectivity index (χ1) is 7.72. The van der Waals surface area contributed by atoms with Crippen molar-refractivity contribution in [3.05, 3.63) is 0 Å². The molecule has 0 spiro atoms. The third kappa shape index (κ3) is 3.48.